The second kappa shape index (κ2) is 11.3. The van der Waals surface area contributed by atoms with Crippen LogP contribution in [-0.2, 0) is 11.2 Å². The van der Waals surface area contributed by atoms with Gasteiger partial charge in [0.25, 0.3) is 0 Å². The number of hydrogen-bond donors (Lipinski definition) is 1. The van der Waals surface area contributed by atoms with Crippen LogP contribution in [-0.4, -0.2) is 59.9 Å². The van der Waals surface area contributed by atoms with Gasteiger partial charge in [0.15, 0.2) is 11.5 Å². The third-order valence-electron chi connectivity index (χ3n) is 4.98. The van der Waals surface area contributed by atoms with Crippen LogP contribution in [0.4, 0.5) is 0 Å². The number of carbonyl (C=O) groups excluding carboxylic acids is 1. The van der Waals surface area contributed by atoms with E-state index in [-0.39, 0.29) is 11.9 Å². The van der Waals surface area contributed by atoms with Crippen LogP contribution in [0.3, 0.4) is 0 Å². The van der Waals surface area contributed by atoms with Crippen molar-refractivity contribution in [2.24, 2.45) is 0 Å². The van der Waals surface area contributed by atoms with E-state index in [4.69, 9.17) is 18.9 Å². The highest BCUT2D eigenvalue weighted by Crippen LogP contribution is 2.38. The summed E-state index contributed by atoms with van der Waals surface area (Å²) in [4.78, 5) is 14.6. The summed E-state index contributed by atoms with van der Waals surface area (Å²) in [5.74, 6) is 2.51. The maximum Gasteiger partial charge on any atom is 0.220 e. The van der Waals surface area contributed by atoms with E-state index in [0.717, 1.165) is 16.9 Å². The van der Waals surface area contributed by atoms with E-state index in [1.807, 2.05) is 50.5 Å². The Labute approximate surface area is 178 Å². The van der Waals surface area contributed by atoms with Crippen LogP contribution in [0.2, 0.25) is 0 Å². The molecule has 164 valence electrons. The van der Waals surface area contributed by atoms with E-state index in [1.54, 1.807) is 28.4 Å². The highest BCUT2D eigenvalue weighted by molar-refractivity contribution is 5.76. The van der Waals surface area contributed by atoms with Crippen LogP contribution < -0.4 is 24.3 Å². The van der Waals surface area contributed by atoms with Gasteiger partial charge >= 0.3 is 0 Å². The van der Waals surface area contributed by atoms with Gasteiger partial charge in [0, 0.05) is 13.0 Å². The molecule has 0 saturated carbocycles. The predicted octanol–water partition coefficient (Wildman–Crippen LogP) is 3.07. The monoisotopic (exact) mass is 416 g/mol. The molecule has 0 saturated heterocycles. The molecular weight excluding hydrogens is 384 g/mol. The topological polar surface area (TPSA) is 69.3 Å². The van der Waals surface area contributed by atoms with Crippen LogP contribution >= 0.6 is 0 Å². The second-order valence-corrected chi connectivity index (χ2v) is 7.09. The number of likely N-dealkylation sites (N-methyl/N-ethyl adjacent to an activating group) is 1. The summed E-state index contributed by atoms with van der Waals surface area (Å²) < 4.78 is 21.3. The lowest BCUT2D eigenvalue weighted by Crippen LogP contribution is -2.34. The molecule has 2 rings (SSSR count). The minimum absolute atomic E-state index is 0.0101. The molecule has 1 amide bonds. The quantitative estimate of drug-likeness (QED) is 0.607. The first-order valence-electron chi connectivity index (χ1n) is 9.79. The summed E-state index contributed by atoms with van der Waals surface area (Å²) in [6, 6.07) is 11.7. The number of amides is 1. The molecule has 2 aromatic rings. The predicted molar refractivity (Wildman–Crippen MR) is 117 cm³/mol. The molecule has 0 fully saturated rings. The highest BCUT2D eigenvalue weighted by atomic mass is 16.5. The Morgan fingerprint density at radius 2 is 1.53 bits per heavy atom. The van der Waals surface area contributed by atoms with Gasteiger partial charge in [0.2, 0.25) is 11.7 Å². The van der Waals surface area contributed by atoms with E-state index < -0.39 is 0 Å². The van der Waals surface area contributed by atoms with Crippen molar-refractivity contribution in [2.75, 3.05) is 49.1 Å². The van der Waals surface area contributed by atoms with Crippen LogP contribution in [0, 0.1) is 0 Å². The van der Waals surface area contributed by atoms with Gasteiger partial charge in [-0.05, 0) is 55.9 Å². The zero-order valence-corrected chi connectivity index (χ0v) is 18.7. The zero-order valence-electron chi connectivity index (χ0n) is 18.7. The minimum atomic E-state index is -0.0101. The largest absolute Gasteiger partial charge is 0.497 e. The summed E-state index contributed by atoms with van der Waals surface area (Å²) in [6.07, 6.45) is 0.930. The normalized spacial score (nSPS) is 11.7. The van der Waals surface area contributed by atoms with Gasteiger partial charge in [-0.15, -0.1) is 0 Å². The van der Waals surface area contributed by atoms with Crippen molar-refractivity contribution in [3.8, 4) is 23.0 Å². The standard InChI is InChI=1S/C23H32N2O5/c1-25(2)19(17-8-10-18(27-3)11-9-17)15-24-22(26)12-7-16-13-20(28-4)23(30-6)21(14-16)29-5/h8-11,13-14,19H,7,12,15H2,1-6H3,(H,24,26). The van der Waals surface area contributed by atoms with Gasteiger partial charge in [-0.3, -0.25) is 4.79 Å². The maximum atomic E-state index is 12.5. The summed E-state index contributed by atoms with van der Waals surface area (Å²) in [6.45, 7) is 0.521. The molecule has 0 radical (unpaired) electrons. The SMILES string of the molecule is COc1ccc(C(CNC(=O)CCc2cc(OC)c(OC)c(OC)c2)N(C)C)cc1. The van der Waals surface area contributed by atoms with Crippen molar-refractivity contribution in [1.82, 2.24) is 10.2 Å². The lowest BCUT2D eigenvalue weighted by Gasteiger charge is -2.25. The summed E-state index contributed by atoms with van der Waals surface area (Å²) in [5.41, 5.74) is 2.06. The maximum absolute atomic E-state index is 12.5. The Kier molecular flexibility index (Phi) is 8.80. The number of ether oxygens (including phenoxy) is 4. The third-order valence-corrected chi connectivity index (χ3v) is 4.98. The number of benzene rings is 2. The van der Waals surface area contributed by atoms with Crippen LogP contribution in [0.15, 0.2) is 36.4 Å². The van der Waals surface area contributed by atoms with E-state index >= 15 is 0 Å². The van der Waals surface area contributed by atoms with E-state index in [0.29, 0.717) is 36.6 Å². The number of rotatable bonds is 11. The minimum Gasteiger partial charge on any atom is -0.497 e. The fourth-order valence-corrected chi connectivity index (χ4v) is 3.26. The number of nitrogens with one attached hydrogen (secondary N) is 1. The highest BCUT2D eigenvalue weighted by Gasteiger charge is 2.17. The van der Waals surface area contributed by atoms with Gasteiger partial charge in [-0.25, -0.2) is 0 Å². The lowest BCUT2D eigenvalue weighted by atomic mass is 10.1. The first-order chi connectivity index (χ1) is 14.4. The molecule has 0 aliphatic heterocycles. The Hall–Kier alpha value is -2.93. The average molecular weight is 417 g/mol. The van der Waals surface area contributed by atoms with Crippen LogP contribution in [0.1, 0.15) is 23.6 Å². The molecule has 0 aliphatic carbocycles. The van der Waals surface area contributed by atoms with Gasteiger partial charge < -0.3 is 29.2 Å². The first-order valence-corrected chi connectivity index (χ1v) is 9.79. The smallest absolute Gasteiger partial charge is 0.220 e. The lowest BCUT2D eigenvalue weighted by molar-refractivity contribution is -0.121. The fourth-order valence-electron chi connectivity index (χ4n) is 3.26. The number of aryl methyl sites for hydroxylation is 1. The summed E-state index contributed by atoms with van der Waals surface area (Å²) >= 11 is 0. The Morgan fingerprint density at radius 1 is 0.933 bits per heavy atom. The fraction of sp³-hybridized carbons (Fsp3) is 0.435. The van der Waals surface area contributed by atoms with E-state index in [1.165, 1.54) is 0 Å². The molecule has 0 bridgehead atoms. The van der Waals surface area contributed by atoms with Crippen molar-refractivity contribution in [3.05, 3.63) is 47.5 Å². The molecule has 0 aliphatic rings. The molecule has 2 aromatic carbocycles. The van der Waals surface area contributed by atoms with Gasteiger partial charge in [-0.1, -0.05) is 12.1 Å². The van der Waals surface area contributed by atoms with Gasteiger partial charge in [0.05, 0.1) is 34.5 Å². The van der Waals surface area contributed by atoms with E-state index in [9.17, 15) is 4.79 Å². The molecule has 0 spiro atoms. The number of hydrogen-bond acceptors (Lipinski definition) is 6. The Bertz CT molecular complexity index is 796. The van der Waals surface area contributed by atoms with Crippen molar-refractivity contribution >= 4 is 5.91 Å². The van der Waals surface area contributed by atoms with Crippen LogP contribution in [0.5, 0.6) is 23.0 Å². The molecule has 7 heteroatoms. The number of carbonyl (C=O) groups is 1. The molecule has 1 N–H and O–H groups in total. The summed E-state index contributed by atoms with van der Waals surface area (Å²) in [7, 11) is 10.4. The van der Waals surface area contributed by atoms with E-state index in [2.05, 4.69) is 10.2 Å². The molecule has 0 aromatic heterocycles. The van der Waals surface area contributed by atoms with Crippen molar-refractivity contribution < 1.29 is 23.7 Å². The van der Waals surface area contributed by atoms with Crippen molar-refractivity contribution in [3.63, 3.8) is 0 Å². The van der Waals surface area contributed by atoms with Crippen molar-refractivity contribution in [2.45, 2.75) is 18.9 Å². The van der Waals surface area contributed by atoms with Crippen LogP contribution in [0.25, 0.3) is 0 Å². The van der Waals surface area contributed by atoms with Gasteiger partial charge in [-0.2, -0.15) is 0 Å². The van der Waals surface area contributed by atoms with Gasteiger partial charge in [0.1, 0.15) is 5.75 Å². The molecule has 7 nitrogen and oxygen atoms in total. The average Bonchev–Trinajstić information content (AvgIpc) is 2.77. The summed E-state index contributed by atoms with van der Waals surface area (Å²) in [5, 5.41) is 3.04. The third kappa shape index (κ3) is 6.03. The van der Waals surface area contributed by atoms with Crippen molar-refractivity contribution in [1.29, 1.82) is 0 Å². The first kappa shape index (κ1) is 23.3. The molecule has 1 atom stereocenters. The Morgan fingerprint density at radius 3 is 2.00 bits per heavy atom. The number of methoxy groups -OCH3 is 4. The molecule has 30 heavy (non-hydrogen) atoms. The zero-order chi connectivity index (χ0) is 22.1. The number of nitrogens with zero attached hydrogens (tertiary/aromatic N) is 1. The molecular formula is C23H32N2O5. The Balaban J connectivity index is 1.97. The molecule has 1 unspecified atom stereocenters. The second-order valence-electron chi connectivity index (χ2n) is 7.09. The molecule has 0 heterocycles.